The predicted molar refractivity (Wildman–Crippen MR) is 112 cm³/mol. The van der Waals surface area contributed by atoms with Crippen LogP contribution in [0.2, 0.25) is 10.0 Å². The zero-order chi connectivity index (χ0) is 21.4. The third kappa shape index (κ3) is 5.95. The summed E-state index contributed by atoms with van der Waals surface area (Å²) in [7, 11) is 0. The SMILES string of the molecule is CCCCOc1ccccc1/C=C(\C#N)C(=O)Nc1c(Cl)cc([N+](=O)[O-])cc1Cl. The number of carbonyl (C=O) groups excluding carboxylic acids is 1. The van der Waals surface area contributed by atoms with Gasteiger partial charge in [-0.2, -0.15) is 5.26 Å². The van der Waals surface area contributed by atoms with Crippen molar-refractivity contribution in [2.75, 3.05) is 11.9 Å². The van der Waals surface area contributed by atoms with Crippen molar-refractivity contribution < 1.29 is 14.5 Å². The van der Waals surface area contributed by atoms with Crippen LogP contribution in [0.3, 0.4) is 0 Å². The van der Waals surface area contributed by atoms with Crippen LogP contribution in [0.5, 0.6) is 5.75 Å². The van der Waals surface area contributed by atoms with Gasteiger partial charge in [0.25, 0.3) is 11.6 Å². The van der Waals surface area contributed by atoms with Gasteiger partial charge in [0.1, 0.15) is 17.4 Å². The van der Waals surface area contributed by atoms with Gasteiger partial charge < -0.3 is 10.1 Å². The number of carbonyl (C=O) groups is 1. The zero-order valence-electron chi connectivity index (χ0n) is 15.4. The minimum Gasteiger partial charge on any atom is -0.493 e. The quantitative estimate of drug-likeness (QED) is 0.191. The highest BCUT2D eigenvalue weighted by atomic mass is 35.5. The van der Waals surface area contributed by atoms with Crippen LogP contribution in [0.4, 0.5) is 11.4 Å². The Labute approximate surface area is 177 Å². The third-order valence-electron chi connectivity index (χ3n) is 3.82. The average molecular weight is 434 g/mol. The molecule has 0 saturated carbocycles. The number of nitrogens with one attached hydrogen (secondary N) is 1. The maximum absolute atomic E-state index is 12.5. The molecule has 7 nitrogen and oxygen atoms in total. The summed E-state index contributed by atoms with van der Waals surface area (Å²) in [6, 6.07) is 11.0. The van der Waals surface area contributed by atoms with Crippen LogP contribution >= 0.6 is 23.2 Å². The van der Waals surface area contributed by atoms with Crippen LogP contribution < -0.4 is 10.1 Å². The first-order valence-electron chi connectivity index (χ1n) is 8.65. The van der Waals surface area contributed by atoms with Gasteiger partial charge in [0.05, 0.1) is 27.3 Å². The summed E-state index contributed by atoms with van der Waals surface area (Å²) in [6.07, 6.45) is 3.24. The Morgan fingerprint density at radius 2 is 1.97 bits per heavy atom. The number of anilines is 1. The van der Waals surface area contributed by atoms with Gasteiger partial charge in [-0.15, -0.1) is 0 Å². The number of non-ortho nitro benzene ring substituents is 1. The van der Waals surface area contributed by atoms with Crippen LogP contribution in [-0.4, -0.2) is 17.4 Å². The molecular weight excluding hydrogens is 417 g/mol. The Balaban J connectivity index is 2.29. The second-order valence-electron chi connectivity index (χ2n) is 5.91. The van der Waals surface area contributed by atoms with E-state index in [0.717, 1.165) is 25.0 Å². The molecular formula is C20H17Cl2N3O4. The van der Waals surface area contributed by atoms with E-state index >= 15 is 0 Å². The average Bonchev–Trinajstić information content (AvgIpc) is 2.69. The van der Waals surface area contributed by atoms with E-state index in [1.165, 1.54) is 6.08 Å². The van der Waals surface area contributed by atoms with Gasteiger partial charge in [-0.3, -0.25) is 14.9 Å². The lowest BCUT2D eigenvalue weighted by Crippen LogP contribution is -2.14. The zero-order valence-corrected chi connectivity index (χ0v) is 17.0. The minimum atomic E-state index is -0.756. The second-order valence-corrected chi connectivity index (χ2v) is 6.72. The van der Waals surface area contributed by atoms with Crippen LogP contribution in [0.25, 0.3) is 6.08 Å². The van der Waals surface area contributed by atoms with Crippen LogP contribution in [0, 0.1) is 21.4 Å². The molecule has 0 heterocycles. The second kappa shape index (κ2) is 10.5. The summed E-state index contributed by atoms with van der Waals surface area (Å²) in [5.41, 5.74) is 0.0305. The van der Waals surface area contributed by atoms with E-state index in [2.05, 4.69) is 5.32 Å². The molecule has 1 N–H and O–H groups in total. The lowest BCUT2D eigenvalue weighted by atomic mass is 10.1. The topological polar surface area (TPSA) is 105 Å². The summed E-state index contributed by atoms with van der Waals surface area (Å²) < 4.78 is 5.70. The van der Waals surface area contributed by atoms with Crippen molar-refractivity contribution >= 4 is 46.6 Å². The standard InChI is InChI=1S/C20H17Cl2N3O4/c1-2-3-8-29-18-7-5-4-6-13(18)9-14(12-23)20(26)24-19-16(21)10-15(25(27)28)11-17(19)22/h4-7,9-11H,2-3,8H2,1H3,(H,24,26)/b14-9+. The van der Waals surface area contributed by atoms with Crippen molar-refractivity contribution in [3.8, 4) is 11.8 Å². The van der Waals surface area contributed by atoms with Crippen molar-refractivity contribution in [3.63, 3.8) is 0 Å². The Morgan fingerprint density at radius 1 is 1.31 bits per heavy atom. The van der Waals surface area contributed by atoms with Gasteiger partial charge in [-0.25, -0.2) is 0 Å². The summed E-state index contributed by atoms with van der Waals surface area (Å²) in [6.45, 7) is 2.56. The van der Waals surface area contributed by atoms with Gasteiger partial charge in [-0.1, -0.05) is 54.7 Å². The largest absolute Gasteiger partial charge is 0.493 e. The number of hydrogen-bond donors (Lipinski definition) is 1. The fourth-order valence-corrected chi connectivity index (χ4v) is 2.90. The third-order valence-corrected chi connectivity index (χ3v) is 4.41. The number of ether oxygens (including phenoxy) is 1. The maximum atomic E-state index is 12.5. The van der Waals surface area contributed by atoms with Crippen molar-refractivity contribution in [1.29, 1.82) is 5.26 Å². The molecule has 0 spiro atoms. The molecule has 2 rings (SSSR count). The molecule has 0 aliphatic rings. The number of nitrogens with zero attached hydrogens (tertiary/aromatic N) is 2. The molecule has 29 heavy (non-hydrogen) atoms. The summed E-state index contributed by atoms with van der Waals surface area (Å²) in [4.78, 5) is 22.8. The maximum Gasteiger partial charge on any atom is 0.272 e. The molecule has 2 aromatic rings. The molecule has 0 saturated heterocycles. The van der Waals surface area contributed by atoms with Gasteiger partial charge in [0, 0.05) is 17.7 Å². The van der Waals surface area contributed by atoms with Crippen LogP contribution in [0.1, 0.15) is 25.3 Å². The fourth-order valence-electron chi connectivity index (χ4n) is 2.33. The van der Waals surface area contributed by atoms with E-state index in [1.54, 1.807) is 24.3 Å². The molecule has 2 aromatic carbocycles. The van der Waals surface area contributed by atoms with Gasteiger partial charge in [0.2, 0.25) is 0 Å². The first-order chi connectivity index (χ1) is 13.9. The Kier molecular flexibility index (Phi) is 8.01. The number of nitro groups is 1. The molecule has 0 atom stereocenters. The number of halogens is 2. The van der Waals surface area contributed by atoms with E-state index < -0.39 is 10.8 Å². The first kappa shape index (κ1) is 22.2. The number of nitro benzene ring substituents is 1. The number of benzene rings is 2. The number of para-hydroxylation sites is 1. The fraction of sp³-hybridized carbons (Fsp3) is 0.200. The normalized spacial score (nSPS) is 10.9. The number of rotatable bonds is 8. The van der Waals surface area contributed by atoms with E-state index in [9.17, 15) is 20.2 Å². The highest BCUT2D eigenvalue weighted by Gasteiger charge is 2.18. The number of unbranched alkanes of at least 4 members (excludes halogenated alkanes) is 1. The first-order valence-corrected chi connectivity index (χ1v) is 9.41. The summed E-state index contributed by atoms with van der Waals surface area (Å²) in [5, 5.41) is 22.5. The molecule has 1 amide bonds. The Morgan fingerprint density at radius 3 is 2.55 bits per heavy atom. The molecule has 0 unspecified atom stereocenters. The minimum absolute atomic E-state index is 0.0161. The highest BCUT2D eigenvalue weighted by Crippen LogP contribution is 2.35. The smallest absolute Gasteiger partial charge is 0.272 e. The Hall–Kier alpha value is -3.08. The van der Waals surface area contributed by atoms with E-state index in [0.29, 0.717) is 17.9 Å². The molecule has 150 valence electrons. The van der Waals surface area contributed by atoms with Crippen molar-refractivity contribution in [1.82, 2.24) is 0 Å². The van der Waals surface area contributed by atoms with Crippen LogP contribution in [0.15, 0.2) is 42.0 Å². The molecule has 0 aliphatic heterocycles. The van der Waals surface area contributed by atoms with Crippen LogP contribution in [-0.2, 0) is 4.79 Å². The van der Waals surface area contributed by atoms with Crippen molar-refractivity contribution in [2.24, 2.45) is 0 Å². The van der Waals surface area contributed by atoms with Gasteiger partial charge >= 0.3 is 0 Å². The van der Waals surface area contributed by atoms with E-state index in [4.69, 9.17) is 27.9 Å². The predicted octanol–water partition coefficient (Wildman–Crippen LogP) is 5.63. The molecule has 0 radical (unpaired) electrons. The van der Waals surface area contributed by atoms with Gasteiger partial charge in [-0.05, 0) is 18.6 Å². The number of nitriles is 1. The monoisotopic (exact) mass is 433 g/mol. The van der Waals surface area contributed by atoms with Gasteiger partial charge in [0.15, 0.2) is 0 Å². The highest BCUT2D eigenvalue weighted by molar-refractivity contribution is 6.40. The molecule has 9 heteroatoms. The summed E-state index contributed by atoms with van der Waals surface area (Å²) in [5.74, 6) is -0.207. The lowest BCUT2D eigenvalue weighted by Gasteiger charge is -2.10. The molecule has 0 fully saturated rings. The van der Waals surface area contributed by atoms with Crippen molar-refractivity contribution in [2.45, 2.75) is 19.8 Å². The van der Waals surface area contributed by atoms with E-state index in [-0.39, 0.29) is 27.0 Å². The lowest BCUT2D eigenvalue weighted by molar-refractivity contribution is -0.384. The molecule has 0 bridgehead atoms. The summed E-state index contributed by atoms with van der Waals surface area (Å²) >= 11 is 12.0. The van der Waals surface area contributed by atoms with Crippen molar-refractivity contribution in [3.05, 3.63) is 67.7 Å². The molecule has 0 aliphatic carbocycles. The number of amides is 1. The molecule has 0 aromatic heterocycles. The van der Waals surface area contributed by atoms with E-state index in [1.807, 2.05) is 13.0 Å². The Bertz CT molecular complexity index is 976. The number of hydrogen-bond acceptors (Lipinski definition) is 5.